The summed E-state index contributed by atoms with van der Waals surface area (Å²) in [6.45, 7) is 1.34. The lowest BCUT2D eigenvalue weighted by molar-refractivity contribution is -0.139. The van der Waals surface area contributed by atoms with E-state index < -0.39 is 0 Å². The van der Waals surface area contributed by atoms with Crippen LogP contribution < -0.4 is 10.1 Å². The molecular weight excluding hydrogens is 446 g/mol. The van der Waals surface area contributed by atoms with Gasteiger partial charge in [-0.1, -0.05) is 46.3 Å². The maximum atomic E-state index is 11.5. The lowest BCUT2D eigenvalue weighted by Crippen LogP contribution is -2.17. The molecule has 3 aromatic carbocycles. The third kappa shape index (κ3) is 6.34. The van der Waals surface area contributed by atoms with Gasteiger partial charge in [-0.2, -0.15) is 0 Å². The molecular formula is C24H24BrNO4. The standard InChI is InChI=1S/C24H24BrNO4/c1-29-24(28)14-17-5-4-7-21(13-17)30-23-10-9-20(25)15-19(23)16-26-12-11-18-6-2-3-8-22(18)27/h2-10,13,15,26-27H,11-12,14,16H2,1H3. The Labute approximate surface area is 184 Å². The highest BCUT2D eigenvalue weighted by molar-refractivity contribution is 9.10. The number of rotatable bonds is 9. The number of methoxy groups -OCH3 is 1. The molecule has 0 atom stereocenters. The Bertz CT molecular complexity index is 1010. The maximum Gasteiger partial charge on any atom is 0.309 e. The van der Waals surface area contributed by atoms with Gasteiger partial charge >= 0.3 is 5.97 Å². The topological polar surface area (TPSA) is 67.8 Å². The molecule has 0 aliphatic rings. The van der Waals surface area contributed by atoms with Crippen LogP contribution in [0.4, 0.5) is 0 Å². The number of halogens is 1. The number of benzene rings is 3. The number of phenols is 1. The van der Waals surface area contributed by atoms with Gasteiger partial charge in [0.1, 0.15) is 17.2 Å². The van der Waals surface area contributed by atoms with E-state index in [1.165, 1.54) is 7.11 Å². The Balaban J connectivity index is 1.64. The smallest absolute Gasteiger partial charge is 0.309 e. The molecule has 30 heavy (non-hydrogen) atoms. The van der Waals surface area contributed by atoms with Gasteiger partial charge in [0, 0.05) is 16.6 Å². The number of carbonyl (C=O) groups excluding carboxylic acids is 1. The SMILES string of the molecule is COC(=O)Cc1cccc(Oc2ccc(Br)cc2CNCCc2ccccc2O)c1. The summed E-state index contributed by atoms with van der Waals surface area (Å²) in [7, 11) is 1.38. The molecule has 0 saturated carbocycles. The van der Waals surface area contributed by atoms with Crippen molar-refractivity contribution in [3.63, 3.8) is 0 Å². The van der Waals surface area contributed by atoms with E-state index in [4.69, 9.17) is 9.47 Å². The molecule has 0 heterocycles. The van der Waals surface area contributed by atoms with Crippen LogP contribution in [0.3, 0.4) is 0 Å². The highest BCUT2D eigenvalue weighted by Crippen LogP contribution is 2.29. The fraction of sp³-hybridized carbons (Fsp3) is 0.208. The van der Waals surface area contributed by atoms with Crippen LogP contribution >= 0.6 is 15.9 Å². The van der Waals surface area contributed by atoms with Gasteiger partial charge < -0.3 is 19.9 Å². The highest BCUT2D eigenvalue weighted by Gasteiger charge is 2.09. The third-order valence-corrected chi connectivity index (χ3v) is 5.10. The minimum absolute atomic E-state index is 0.203. The van der Waals surface area contributed by atoms with E-state index >= 15 is 0 Å². The predicted octanol–water partition coefficient (Wildman–Crippen LogP) is 4.99. The van der Waals surface area contributed by atoms with Crippen molar-refractivity contribution >= 4 is 21.9 Å². The number of hydrogen-bond acceptors (Lipinski definition) is 5. The molecule has 0 unspecified atom stereocenters. The van der Waals surface area contributed by atoms with Gasteiger partial charge in [-0.05, 0) is 60.5 Å². The van der Waals surface area contributed by atoms with E-state index in [0.29, 0.717) is 18.0 Å². The van der Waals surface area contributed by atoms with Crippen LogP contribution in [0.15, 0.2) is 71.2 Å². The molecule has 0 saturated heterocycles. The molecule has 5 nitrogen and oxygen atoms in total. The summed E-state index contributed by atoms with van der Waals surface area (Å²) >= 11 is 3.52. The molecule has 2 N–H and O–H groups in total. The third-order valence-electron chi connectivity index (χ3n) is 4.60. The monoisotopic (exact) mass is 469 g/mol. The molecule has 0 aliphatic carbocycles. The number of nitrogens with one attached hydrogen (secondary N) is 1. The van der Waals surface area contributed by atoms with Crippen molar-refractivity contribution in [2.45, 2.75) is 19.4 Å². The maximum absolute atomic E-state index is 11.5. The van der Waals surface area contributed by atoms with Gasteiger partial charge in [-0.25, -0.2) is 0 Å². The number of carbonyl (C=O) groups is 1. The van der Waals surface area contributed by atoms with E-state index in [0.717, 1.165) is 39.9 Å². The van der Waals surface area contributed by atoms with Crippen LogP contribution in [-0.4, -0.2) is 24.7 Å². The minimum Gasteiger partial charge on any atom is -0.508 e. The lowest BCUT2D eigenvalue weighted by Gasteiger charge is -2.13. The van der Waals surface area contributed by atoms with E-state index in [-0.39, 0.29) is 12.4 Å². The predicted molar refractivity (Wildman–Crippen MR) is 120 cm³/mol. The average Bonchev–Trinajstić information content (AvgIpc) is 2.74. The van der Waals surface area contributed by atoms with Crippen molar-refractivity contribution in [1.29, 1.82) is 0 Å². The van der Waals surface area contributed by atoms with Crippen molar-refractivity contribution in [2.75, 3.05) is 13.7 Å². The second-order valence-corrected chi connectivity index (χ2v) is 7.73. The van der Waals surface area contributed by atoms with E-state index in [1.54, 1.807) is 6.07 Å². The van der Waals surface area contributed by atoms with E-state index in [1.807, 2.05) is 60.7 Å². The minimum atomic E-state index is -0.287. The summed E-state index contributed by atoms with van der Waals surface area (Å²) in [4.78, 5) is 11.5. The molecule has 0 radical (unpaired) electrons. The van der Waals surface area contributed by atoms with Crippen molar-refractivity contribution in [3.8, 4) is 17.2 Å². The zero-order valence-corrected chi connectivity index (χ0v) is 18.3. The summed E-state index contributed by atoms with van der Waals surface area (Å²) in [5, 5.41) is 13.3. The number of hydrogen-bond donors (Lipinski definition) is 2. The van der Waals surface area contributed by atoms with Gasteiger partial charge in [0.25, 0.3) is 0 Å². The van der Waals surface area contributed by atoms with Gasteiger partial charge in [-0.3, -0.25) is 4.79 Å². The molecule has 156 valence electrons. The fourth-order valence-electron chi connectivity index (χ4n) is 3.04. The largest absolute Gasteiger partial charge is 0.508 e. The molecule has 0 aromatic heterocycles. The Morgan fingerprint density at radius 3 is 2.67 bits per heavy atom. The molecule has 0 fully saturated rings. The molecule has 0 bridgehead atoms. The zero-order chi connectivity index (χ0) is 21.3. The Morgan fingerprint density at radius 2 is 1.87 bits per heavy atom. The first-order valence-electron chi connectivity index (χ1n) is 9.65. The molecule has 0 aliphatic heterocycles. The van der Waals surface area contributed by atoms with Crippen LogP contribution in [0.1, 0.15) is 16.7 Å². The number of aromatic hydroxyl groups is 1. The van der Waals surface area contributed by atoms with Crippen molar-refractivity contribution in [3.05, 3.63) is 87.9 Å². The highest BCUT2D eigenvalue weighted by atomic mass is 79.9. The summed E-state index contributed by atoms with van der Waals surface area (Å²) in [5.74, 6) is 1.43. The first-order chi connectivity index (χ1) is 14.5. The van der Waals surface area contributed by atoms with Gasteiger partial charge in [0.05, 0.1) is 13.5 Å². The van der Waals surface area contributed by atoms with Crippen LogP contribution in [0.2, 0.25) is 0 Å². The summed E-state index contributed by atoms with van der Waals surface area (Å²) in [5.41, 5.74) is 2.75. The summed E-state index contributed by atoms with van der Waals surface area (Å²) < 4.78 is 11.8. The van der Waals surface area contributed by atoms with Crippen molar-refractivity contribution in [1.82, 2.24) is 5.32 Å². The molecule has 6 heteroatoms. The molecule has 3 rings (SSSR count). The van der Waals surface area contributed by atoms with E-state index in [2.05, 4.69) is 21.2 Å². The second kappa shape index (κ2) is 10.8. The second-order valence-electron chi connectivity index (χ2n) is 6.81. The number of para-hydroxylation sites is 1. The lowest BCUT2D eigenvalue weighted by atomic mass is 10.1. The van der Waals surface area contributed by atoms with E-state index in [9.17, 15) is 9.90 Å². The Hall–Kier alpha value is -2.83. The van der Waals surface area contributed by atoms with Crippen molar-refractivity contribution < 1.29 is 19.4 Å². The van der Waals surface area contributed by atoms with Gasteiger partial charge in [0.2, 0.25) is 0 Å². The average molecular weight is 470 g/mol. The molecule has 0 spiro atoms. The number of ether oxygens (including phenoxy) is 2. The Kier molecular flexibility index (Phi) is 7.88. The number of esters is 1. The van der Waals surface area contributed by atoms with Crippen LogP contribution in [0, 0.1) is 0 Å². The fourth-order valence-corrected chi connectivity index (χ4v) is 3.45. The van der Waals surface area contributed by atoms with Crippen LogP contribution in [-0.2, 0) is 28.9 Å². The van der Waals surface area contributed by atoms with Gasteiger partial charge in [0.15, 0.2) is 0 Å². The quantitative estimate of drug-likeness (QED) is 0.341. The molecule has 3 aromatic rings. The first-order valence-corrected chi connectivity index (χ1v) is 10.4. The summed E-state index contributed by atoms with van der Waals surface area (Å²) in [6, 6.07) is 20.6. The zero-order valence-electron chi connectivity index (χ0n) is 16.7. The summed E-state index contributed by atoms with van der Waals surface area (Å²) in [6.07, 6.45) is 0.932. The number of phenolic OH excluding ortho intramolecular Hbond substituents is 1. The Morgan fingerprint density at radius 1 is 1.03 bits per heavy atom. The molecule has 0 amide bonds. The van der Waals surface area contributed by atoms with Crippen LogP contribution in [0.25, 0.3) is 0 Å². The van der Waals surface area contributed by atoms with Crippen molar-refractivity contribution in [2.24, 2.45) is 0 Å². The normalized spacial score (nSPS) is 10.6. The van der Waals surface area contributed by atoms with Gasteiger partial charge in [-0.15, -0.1) is 0 Å². The first kappa shape index (κ1) is 21.9. The van der Waals surface area contributed by atoms with Crippen LogP contribution in [0.5, 0.6) is 17.2 Å².